The van der Waals surface area contributed by atoms with Gasteiger partial charge in [0.2, 0.25) is 0 Å². The Balaban J connectivity index is 1.43. The van der Waals surface area contributed by atoms with E-state index in [9.17, 15) is 4.79 Å². The van der Waals surface area contributed by atoms with Crippen molar-refractivity contribution < 1.29 is 14.6 Å². The van der Waals surface area contributed by atoms with Gasteiger partial charge in [0.05, 0.1) is 18.3 Å². The monoisotopic (exact) mass is 343 g/mol. The molecular formula is C19H25N3O3. The molecule has 6 heteroatoms. The number of ether oxygens (including phenoxy) is 1. The number of hydrogen-bond donors (Lipinski definition) is 2. The molecule has 134 valence electrons. The molecule has 2 aromatic rings. The number of aryl methyl sites for hydroxylation is 1. The smallest absolute Gasteiger partial charge is 0.253 e. The number of carbonyl (C=O) groups excluding carboxylic acids is 1. The molecule has 3 atom stereocenters. The maximum Gasteiger partial charge on any atom is 0.253 e. The van der Waals surface area contributed by atoms with E-state index in [1.54, 1.807) is 0 Å². The Hall–Kier alpha value is -1.89. The van der Waals surface area contributed by atoms with Crippen molar-refractivity contribution in [2.24, 2.45) is 7.05 Å². The fourth-order valence-corrected chi connectivity index (χ4v) is 4.15. The van der Waals surface area contributed by atoms with Crippen LogP contribution in [0.1, 0.15) is 23.2 Å². The lowest BCUT2D eigenvalue weighted by molar-refractivity contribution is -0.0566. The third-order valence-electron chi connectivity index (χ3n) is 5.42. The van der Waals surface area contributed by atoms with Crippen LogP contribution in [-0.4, -0.2) is 65.0 Å². The van der Waals surface area contributed by atoms with E-state index in [0.29, 0.717) is 19.1 Å². The number of hydrogen-bond acceptors (Lipinski definition) is 4. The maximum atomic E-state index is 12.8. The van der Waals surface area contributed by atoms with Gasteiger partial charge in [-0.25, -0.2) is 0 Å². The van der Waals surface area contributed by atoms with Gasteiger partial charge in [-0.05, 0) is 18.9 Å². The summed E-state index contributed by atoms with van der Waals surface area (Å²) in [6, 6.07) is 8.49. The topological polar surface area (TPSA) is 66.7 Å². The zero-order chi connectivity index (χ0) is 17.4. The largest absolute Gasteiger partial charge is 0.396 e. The summed E-state index contributed by atoms with van der Waals surface area (Å²) >= 11 is 0. The van der Waals surface area contributed by atoms with Crippen molar-refractivity contribution >= 4 is 16.8 Å². The first kappa shape index (κ1) is 16.6. The van der Waals surface area contributed by atoms with Crippen LogP contribution in [0, 0.1) is 0 Å². The first-order valence-electron chi connectivity index (χ1n) is 8.97. The molecule has 6 nitrogen and oxygen atoms in total. The third kappa shape index (κ3) is 3.17. The van der Waals surface area contributed by atoms with Crippen LogP contribution < -0.4 is 5.32 Å². The van der Waals surface area contributed by atoms with Gasteiger partial charge < -0.3 is 19.7 Å². The van der Waals surface area contributed by atoms with Gasteiger partial charge in [-0.15, -0.1) is 0 Å². The number of para-hydroxylation sites is 1. The van der Waals surface area contributed by atoms with Crippen LogP contribution in [0.15, 0.2) is 30.5 Å². The normalized spacial score (nSPS) is 26.7. The lowest BCUT2D eigenvalue weighted by Gasteiger charge is -2.34. The lowest BCUT2D eigenvalue weighted by atomic mass is 10.1. The zero-order valence-corrected chi connectivity index (χ0v) is 14.5. The first-order valence-corrected chi connectivity index (χ1v) is 8.97. The van der Waals surface area contributed by atoms with Crippen molar-refractivity contribution in [2.75, 3.05) is 26.3 Å². The second-order valence-corrected chi connectivity index (χ2v) is 7.15. The summed E-state index contributed by atoms with van der Waals surface area (Å²) in [5, 5.41) is 13.3. The van der Waals surface area contributed by atoms with E-state index >= 15 is 0 Å². The summed E-state index contributed by atoms with van der Waals surface area (Å²) < 4.78 is 7.81. The van der Waals surface area contributed by atoms with Gasteiger partial charge in [-0.1, -0.05) is 18.2 Å². The molecule has 1 aromatic carbocycles. The summed E-state index contributed by atoms with van der Waals surface area (Å²) in [6.45, 7) is 2.54. The van der Waals surface area contributed by atoms with Gasteiger partial charge >= 0.3 is 0 Å². The van der Waals surface area contributed by atoms with E-state index in [4.69, 9.17) is 9.84 Å². The fourth-order valence-electron chi connectivity index (χ4n) is 4.15. The van der Waals surface area contributed by atoms with Crippen LogP contribution in [0.2, 0.25) is 0 Å². The van der Waals surface area contributed by atoms with E-state index < -0.39 is 0 Å². The Bertz CT molecular complexity index is 772. The molecule has 0 saturated carbocycles. The van der Waals surface area contributed by atoms with Crippen molar-refractivity contribution in [2.45, 2.75) is 31.0 Å². The second kappa shape index (κ2) is 6.78. The molecule has 2 saturated heterocycles. The highest BCUT2D eigenvalue weighted by Crippen LogP contribution is 2.25. The minimum Gasteiger partial charge on any atom is -0.396 e. The second-order valence-electron chi connectivity index (χ2n) is 7.15. The molecule has 2 N–H and O–H groups in total. The molecule has 0 bridgehead atoms. The SMILES string of the molecule is Cn1cc(C(=O)N[C@H]2C[C@H]3CO[C@@H](CCO)CN3C2)c2ccccc21. The first-order chi connectivity index (χ1) is 12.2. The van der Waals surface area contributed by atoms with Crippen LogP contribution >= 0.6 is 0 Å². The molecule has 2 aliphatic heterocycles. The number of nitrogens with one attached hydrogen (secondary N) is 1. The molecule has 0 aliphatic carbocycles. The summed E-state index contributed by atoms with van der Waals surface area (Å²) in [4.78, 5) is 15.2. The average molecular weight is 343 g/mol. The van der Waals surface area contributed by atoms with Gasteiger partial charge in [0.15, 0.2) is 0 Å². The Labute approximate surface area is 147 Å². The van der Waals surface area contributed by atoms with Crippen LogP contribution in [0.4, 0.5) is 0 Å². The number of rotatable bonds is 4. The summed E-state index contributed by atoms with van der Waals surface area (Å²) in [7, 11) is 1.97. The molecule has 0 spiro atoms. The number of aliphatic hydroxyl groups excluding tert-OH is 1. The van der Waals surface area contributed by atoms with Crippen molar-refractivity contribution in [3.63, 3.8) is 0 Å². The predicted molar refractivity (Wildman–Crippen MR) is 95.6 cm³/mol. The van der Waals surface area contributed by atoms with Gasteiger partial charge in [-0.2, -0.15) is 0 Å². The third-order valence-corrected chi connectivity index (χ3v) is 5.42. The molecule has 2 fully saturated rings. The number of nitrogens with zero attached hydrogens (tertiary/aromatic N) is 2. The van der Waals surface area contributed by atoms with Crippen LogP contribution in [0.25, 0.3) is 10.9 Å². The molecule has 25 heavy (non-hydrogen) atoms. The molecule has 0 unspecified atom stereocenters. The van der Waals surface area contributed by atoms with E-state index in [0.717, 1.165) is 36.0 Å². The Kier molecular flexibility index (Phi) is 4.50. The van der Waals surface area contributed by atoms with E-state index in [-0.39, 0.29) is 24.7 Å². The van der Waals surface area contributed by atoms with E-state index in [1.807, 2.05) is 42.1 Å². The number of benzene rings is 1. The molecule has 4 rings (SSSR count). The number of aromatic nitrogens is 1. The molecule has 3 heterocycles. The maximum absolute atomic E-state index is 12.8. The van der Waals surface area contributed by atoms with E-state index in [1.165, 1.54) is 0 Å². The molecule has 1 aromatic heterocycles. The minimum atomic E-state index is -0.00512. The summed E-state index contributed by atoms with van der Waals surface area (Å²) in [6.07, 6.45) is 3.61. The highest BCUT2D eigenvalue weighted by molar-refractivity contribution is 6.07. The van der Waals surface area contributed by atoms with Crippen molar-refractivity contribution in [1.82, 2.24) is 14.8 Å². The molecule has 1 amide bonds. The highest BCUT2D eigenvalue weighted by atomic mass is 16.5. The van der Waals surface area contributed by atoms with Gasteiger partial charge in [0.1, 0.15) is 0 Å². The van der Waals surface area contributed by atoms with Crippen molar-refractivity contribution in [1.29, 1.82) is 0 Å². The number of carbonyl (C=O) groups is 1. The molecular weight excluding hydrogens is 318 g/mol. The number of amides is 1. The summed E-state index contributed by atoms with van der Waals surface area (Å²) in [5.74, 6) is -0.00512. The lowest BCUT2D eigenvalue weighted by Crippen LogP contribution is -2.46. The molecule has 2 aliphatic rings. The predicted octanol–water partition coefficient (Wildman–Crippen LogP) is 1.13. The standard InChI is InChI=1S/C19H25N3O3/c1-21-11-17(16-4-2-3-5-18(16)21)19(24)20-13-8-14-12-25-15(6-7-23)10-22(14)9-13/h2-5,11,13-15,23H,6-10,12H2,1H3,(H,20,24)/t13-,14-,15-/m0/s1. The minimum absolute atomic E-state index is 0.00512. The zero-order valence-electron chi connectivity index (χ0n) is 14.5. The quantitative estimate of drug-likeness (QED) is 0.873. The number of fused-ring (bicyclic) bond motifs is 2. The van der Waals surface area contributed by atoms with Crippen molar-refractivity contribution in [3.8, 4) is 0 Å². The Morgan fingerprint density at radius 2 is 2.20 bits per heavy atom. The van der Waals surface area contributed by atoms with Crippen LogP contribution in [-0.2, 0) is 11.8 Å². The fraction of sp³-hybridized carbons (Fsp3) is 0.526. The average Bonchev–Trinajstić information content (AvgIpc) is 3.16. The van der Waals surface area contributed by atoms with Crippen LogP contribution in [0.3, 0.4) is 0 Å². The number of aliphatic hydroxyl groups is 1. The van der Waals surface area contributed by atoms with Crippen LogP contribution in [0.5, 0.6) is 0 Å². The van der Waals surface area contributed by atoms with Gasteiger partial charge in [-0.3, -0.25) is 9.69 Å². The number of morpholine rings is 1. The van der Waals surface area contributed by atoms with Gasteiger partial charge in [0.25, 0.3) is 5.91 Å². The van der Waals surface area contributed by atoms with E-state index in [2.05, 4.69) is 10.2 Å². The summed E-state index contributed by atoms with van der Waals surface area (Å²) in [5.41, 5.74) is 1.80. The molecule has 0 radical (unpaired) electrons. The Morgan fingerprint density at radius 1 is 1.36 bits per heavy atom. The van der Waals surface area contributed by atoms with Gasteiger partial charge in [0, 0.05) is 55.9 Å². The van der Waals surface area contributed by atoms with Crippen molar-refractivity contribution in [3.05, 3.63) is 36.0 Å². The highest BCUT2D eigenvalue weighted by Gasteiger charge is 2.37. The Morgan fingerprint density at radius 3 is 3.04 bits per heavy atom.